The van der Waals surface area contributed by atoms with Crippen molar-refractivity contribution in [2.24, 2.45) is 0 Å². The zero-order valence-electron chi connectivity index (χ0n) is 14.4. The van der Waals surface area contributed by atoms with Gasteiger partial charge in [-0.15, -0.1) is 0 Å². The summed E-state index contributed by atoms with van der Waals surface area (Å²) in [6.45, 7) is 2.70. The fourth-order valence-corrected chi connectivity index (χ4v) is 0.937. The molecule has 0 radical (unpaired) electrons. The number of hydrogen-bond donors (Lipinski definition) is 6. The van der Waals surface area contributed by atoms with E-state index in [1.807, 2.05) is 20.8 Å². The number of hydrogen-bond acceptors (Lipinski definition) is 4. The molecule has 0 bridgehead atoms. The SMILES string of the molecule is CC(Br)C(Br)CO.CC(Br)C(Br)CO.CC(Br)C(Br)CO.OP(O)(O)=S. The largest absolute Gasteiger partial charge is 0.395 e. The molecule has 6 unspecified atom stereocenters. The first kappa shape index (κ1) is 36.7. The smallest absolute Gasteiger partial charge is 0.319 e. The number of halogens is 6. The molecular formula is C12H27Br6O6PS. The van der Waals surface area contributed by atoms with Crippen molar-refractivity contribution in [1.82, 2.24) is 0 Å². The van der Waals surface area contributed by atoms with Crippen LogP contribution < -0.4 is 0 Å². The molecule has 0 aliphatic heterocycles. The van der Waals surface area contributed by atoms with Crippen LogP contribution in [0.1, 0.15) is 20.8 Å². The molecule has 0 aliphatic carbocycles. The molecule has 0 aromatic heterocycles. The second-order valence-electron chi connectivity index (χ2n) is 4.64. The molecule has 0 heterocycles. The first-order valence-corrected chi connectivity index (χ1v) is 15.2. The third-order valence-corrected chi connectivity index (χ3v) is 9.31. The topological polar surface area (TPSA) is 121 Å². The Labute approximate surface area is 211 Å². The van der Waals surface area contributed by atoms with Crippen LogP contribution in [0.2, 0.25) is 0 Å². The van der Waals surface area contributed by atoms with Crippen LogP contribution in [0.3, 0.4) is 0 Å². The van der Waals surface area contributed by atoms with Crippen molar-refractivity contribution >= 4 is 114 Å². The monoisotopic (exact) mass is 804 g/mol. The third kappa shape index (κ3) is 41.6. The van der Waals surface area contributed by atoms with E-state index in [9.17, 15) is 0 Å². The minimum Gasteiger partial charge on any atom is -0.395 e. The lowest BCUT2D eigenvalue weighted by molar-refractivity contribution is 0.296. The molecule has 26 heavy (non-hydrogen) atoms. The lowest BCUT2D eigenvalue weighted by atomic mass is 10.4. The van der Waals surface area contributed by atoms with Gasteiger partial charge in [0.2, 0.25) is 0 Å². The van der Waals surface area contributed by atoms with Crippen LogP contribution in [0.5, 0.6) is 0 Å². The molecule has 164 valence electrons. The van der Waals surface area contributed by atoms with Crippen LogP contribution in [0.4, 0.5) is 0 Å². The second-order valence-corrected chi connectivity index (χ2v) is 15.0. The lowest BCUT2D eigenvalue weighted by Gasteiger charge is -2.05. The molecule has 6 atom stereocenters. The van der Waals surface area contributed by atoms with Crippen molar-refractivity contribution in [2.45, 2.75) is 49.7 Å². The minimum atomic E-state index is -3.81. The van der Waals surface area contributed by atoms with E-state index in [2.05, 4.69) is 107 Å². The summed E-state index contributed by atoms with van der Waals surface area (Å²) >= 11 is 23.2. The normalized spacial score (nSPS) is 17.5. The van der Waals surface area contributed by atoms with Gasteiger partial charge in [0, 0.05) is 29.0 Å². The summed E-state index contributed by atoms with van der Waals surface area (Å²) in [5, 5.41) is 25.3. The van der Waals surface area contributed by atoms with Crippen LogP contribution in [-0.4, -0.2) is 78.8 Å². The molecule has 0 aliphatic rings. The Morgan fingerprint density at radius 3 is 0.731 bits per heavy atom. The van der Waals surface area contributed by atoms with Gasteiger partial charge in [-0.05, 0) is 11.8 Å². The van der Waals surface area contributed by atoms with E-state index in [1.165, 1.54) is 0 Å². The fraction of sp³-hybridized carbons (Fsp3) is 1.00. The van der Waals surface area contributed by atoms with E-state index in [4.69, 9.17) is 30.0 Å². The van der Waals surface area contributed by atoms with Crippen molar-refractivity contribution in [3.05, 3.63) is 0 Å². The number of aliphatic hydroxyl groups excluding tert-OH is 3. The zero-order valence-corrected chi connectivity index (χ0v) is 25.6. The highest BCUT2D eigenvalue weighted by molar-refractivity contribution is 9.13. The van der Waals surface area contributed by atoms with Crippen molar-refractivity contribution in [2.75, 3.05) is 19.8 Å². The first-order valence-electron chi connectivity index (χ1n) is 7.00. The Balaban J connectivity index is -0.000000125. The summed E-state index contributed by atoms with van der Waals surface area (Å²) in [7, 11) is 0. The van der Waals surface area contributed by atoms with Crippen LogP contribution in [0.25, 0.3) is 0 Å². The third-order valence-electron chi connectivity index (χ3n) is 2.02. The highest BCUT2D eigenvalue weighted by atomic mass is 79.9. The van der Waals surface area contributed by atoms with E-state index in [1.54, 1.807) is 0 Å². The molecule has 0 aromatic rings. The Morgan fingerprint density at radius 1 is 0.615 bits per heavy atom. The van der Waals surface area contributed by atoms with Crippen LogP contribution >= 0.6 is 102 Å². The molecule has 0 aromatic carbocycles. The summed E-state index contributed by atoms with van der Waals surface area (Å²) in [5.74, 6) is 0. The number of rotatable bonds is 6. The Morgan fingerprint density at radius 2 is 0.731 bits per heavy atom. The van der Waals surface area contributed by atoms with Crippen molar-refractivity contribution in [3.63, 3.8) is 0 Å². The van der Waals surface area contributed by atoms with Crippen molar-refractivity contribution in [1.29, 1.82) is 0 Å². The minimum absolute atomic E-state index is 0.187. The number of aliphatic hydroxyl groups is 3. The summed E-state index contributed by atoms with van der Waals surface area (Å²) in [5.41, 5.74) is 0. The highest BCUT2D eigenvalue weighted by Gasteiger charge is 2.07. The van der Waals surface area contributed by atoms with E-state index < -0.39 is 6.72 Å². The maximum atomic E-state index is 8.43. The summed E-state index contributed by atoms with van der Waals surface area (Å²) < 4.78 is 0. The maximum Gasteiger partial charge on any atom is 0.319 e. The van der Waals surface area contributed by atoms with Gasteiger partial charge in [-0.1, -0.05) is 116 Å². The summed E-state index contributed by atoms with van der Waals surface area (Å²) in [4.78, 5) is 24.3. The molecule has 0 amide bonds. The Hall–Kier alpha value is 3.29. The second kappa shape index (κ2) is 23.0. The van der Waals surface area contributed by atoms with Gasteiger partial charge in [-0.3, -0.25) is 0 Å². The van der Waals surface area contributed by atoms with E-state index in [0.29, 0.717) is 14.5 Å². The Bertz CT molecular complexity index is 296. The molecular weight excluding hydrogens is 783 g/mol. The quantitative estimate of drug-likeness (QED) is 0.179. The van der Waals surface area contributed by atoms with Crippen molar-refractivity contribution in [3.8, 4) is 0 Å². The van der Waals surface area contributed by atoms with Gasteiger partial charge in [0.25, 0.3) is 0 Å². The predicted molar refractivity (Wildman–Crippen MR) is 136 cm³/mol. The van der Waals surface area contributed by atoms with Gasteiger partial charge in [0.15, 0.2) is 0 Å². The Kier molecular flexibility index (Phi) is 32.4. The molecule has 6 nitrogen and oxygen atoms in total. The molecule has 0 saturated heterocycles. The van der Waals surface area contributed by atoms with Gasteiger partial charge < -0.3 is 30.0 Å². The molecule has 0 fully saturated rings. The van der Waals surface area contributed by atoms with Gasteiger partial charge >= 0.3 is 6.72 Å². The summed E-state index contributed by atoms with van der Waals surface area (Å²) in [6, 6.07) is 0. The number of alkyl halides is 6. The highest BCUT2D eigenvalue weighted by Crippen LogP contribution is 2.26. The molecule has 6 N–H and O–H groups in total. The van der Waals surface area contributed by atoms with Gasteiger partial charge in [0.05, 0.1) is 19.8 Å². The first-order chi connectivity index (χ1) is 11.5. The van der Waals surface area contributed by atoms with Crippen molar-refractivity contribution < 1.29 is 30.0 Å². The standard InChI is InChI=1S/3C4H8Br2O.H3O3PS/c3*1-3(5)4(6)2-7;1-4(2,3)5/h3*3-4,7H,2H2,1H3;(H3,1,2,3,5). The average Bonchev–Trinajstić information content (AvgIpc) is 2.51. The van der Waals surface area contributed by atoms with Crippen LogP contribution in [0, 0.1) is 0 Å². The van der Waals surface area contributed by atoms with Gasteiger partial charge in [-0.25, -0.2) is 0 Å². The van der Waals surface area contributed by atoms with E-state index >= 15 is 0 Å². The fourth-order valence-electron chi connectivity index (χ4n) is 0.436. The van der Waals surface area contributed by atoms with E-state index in [0.717, 1.165) is 0 Å². The molecule has 0 spiro atoms. The van der Waals surface area contributed by atoms with E-state index in [-0.39, 0.29) is 34.3 Å². The molecule has 0 rings (SSSR count). The molecule has 14 heteroatoms. The van der Waals surface area contributed by atoms with Crippen LogP contribution in [-0.2, 0) is 11.8 Å². The maximum absolute atomic E-state index is 8.43. The molecule has 0 saturated carbocycles. The zero-order chi connectivity index (χ0) is 22.1. The van der Waals surface area contributed by atoms with Gasteiger partial charge in [-0.2, -0.15) is 0 Å². The average molecular weight is 810 g/mol. The summed E-state index contributed by atoms with van der Waals surface area (Å²) in [6.07, 6.45) is 0. The predicted octanol–water partition coefficient (Wildman–Crippen LogP) is 3.76. The van der Waals surface area contributed by atoms with Gasteiger partial charge in [0.1, 0.15) is 0 Å². The lowest BCUT2D eigenvalue weighted by Crippen LogP contribution is -2.13. The van der Waals surface area contributed by atoms with Crippen LogP contribution in [0.15, 0.2) is 0 Å².